The molecule has 0 radical (unpaired) electrons. The lowest BCUT2D eigenvalue weighted by atomic mass is 9.94. The summed E-state index contributed by atoms with van der Waals surface area (Å²) < 4.78 is 0. The third-order valence-electron chi connectivity index (χ3n) is 2.64. The van der Waals surface area contributed by atoms with Crippen LogP contribution in [-0.2, 0) is 0 Å². The lowest BCUT2D eigenvalue weighted by Gasteiger charge is -2.15. The standard InChI is InChI=1S/C12H15NOS2/c1-8(2)9(6-14)10-7-16-12(13-10)11-4-3-5-15-11/h3-5,7-9,14H,6H2,1-2H3. The number of aromatic nitrogens is 1. The van der Waals surface area contributed by atoms with Crippen molar-refractivity contribution in [3.05, 3.63) is 28.6 Å². The van der Waals surface area contributed by atoms with Crippen LogP contribution in [0.4, 0.5) is 0 Å². The Morgan fingerprint density at radius 3 is 2.75 bits per heavy atom. The minimum absolute atomic E-state index is 0.157. The molecule has 0 aromatic carbocycles. The van der Waals surface area contributed by atoms with Gasteiger partial charge in [-0.2, -0.15) is 0 Å². The summed E-state index contributed by atoms with van der Waals surface area (Å²) in [4.78, 5) is 5.82. The van der Waals surface area contributed by atoms with E-state index in [0.717, 1.165) is 10.7 Å². The predicted molar refractivity (Wildman–Crippen MR) is 70.1 cm³/mol. The van der Waals surface area contributed by atoms with E-state index in [-0.39, 0.29) is 12.5 Å². The first-order chi connectivity index (χ1) is 7.72. The van der Waals surface area contributed by atoms with E-state index < -0.39 is 0 Å². The summed E-state index contributed by atoms with van der Waals surface area (Å²) in [6.07, 6.45) is 0. The maximum Gasteiger partial charge on any atom is 0.133 e. The van der Waals surface area contributed by atoms with Crippen molar-refractivity contribution in [2.24, 2.45) is 5.92 Å². The Hall–Kier alpha value is -0.710. The molecule has 0 bridgehead atoms. The first kappa shape index (κ1) is 11.8. The molecule has 2 heterocycles. The monoisotopic (exact) mass is 253 g/mol. The molecular weight excluding hydrogens is 238 g/mol. The molecule has 0 aliphatic rings. The van der Waals surface area contributed by atoms with E-state index in [0.29, 0.717) is 5.92 Å². The highest BCUT2D eigenvalue weighted by Gasteiger charge is 2.18. The second-order valence-electron chi connectivity index (χ2n) is 4.09. The maximum atomic E-state index is 9.36. The zero-order valence-electron chi connectivity index (χ0n) is 9.38. The van der Waals surface area contributed by atoms with Gasteiger partial charge in [-0.3, -0.25) is 0 Å². The molecule has 1 atom stereocenters. The summed E-state index contributed by atoms with van der Waals surface area (Å²) in [5.74, 6) is 0.577. The van der Waals surface area contributed by atoms with Crippen LogP contribution in [0.25, 0.3) is 9.88 Å². The number of nitrogens with zero attached hydrogens (tertiary/aromatic N) is 1. The lowest BCUT2D eigenvalue weighted by molar-refractivity contribution is 0.235. The molecule has 0 fully saturated rings. The SMILES string of the molecule is CC(C)C(CO)c1csc(-c2cccs2)n1. The molecule has 2 rings (SSSR count). The molecule has 0 amide bonds. The average Bonchev–Trinajstić information content (AvgIpc) is 2.86. The van der Waals surface area contributed by atoms with Crippen molar-refractivity contribution in [1.29, 1.82) is 0 Å². The third kappa shape index (κ3) is 2.34. The summed E-state index contributed by atoms with van der Waals surface area (Å²) in [5, 5.41) is 14.5. The first-order valence-corrected chi connectivity index (χ1v) is 7.08. The third-order valence-corrected chi connectivity index (χ3v) is 4.53. The normalized spacial score (nSPS) is 13.2. The van der Waals surface area contributed by atoms with Crippen LogP contribution in [0.3, 0.4) is 0 Å². The first-order valence-electron chi connectivity index (χ1n) is 5.32. The fraction of sp³-hybridized carbons (Fsp3) is 0.417. The number of hydrogen-bond donors (Lipinski definition) is 1. The predicted octanol–water partition coefficient (Wildman–Crippen LogP) is 3.60. The van der Waals surface area contributed by atoms with Gasteiger partial charge in [-0.25, -0.2) is 4.98 Å². The molecule has 0 aliphatic carbocycles. The van der Waals surface area contributed by atoms with Gasteiger partial charge in [0, 0.05) is 11.3 Å². The van der Waals surface area contributed by atoms with Crippen LogP contribution in [0, 0.1) is 5.92 Å². The van der Waals surface area contributed by atoms with Crippen molar-refractivity contribution in [2.45, 2.75) is 19.8 Å². The summed E-state index contributed by atoms with van der Waals surface area (Å²) in [7, 11) is 0. The average molecular weight is 253 g/mol. The number of thiazole rings is 1. The number of aliphatic hydroxyl groups is 1. The smallest absolute Gasteiger partial charge is 0.133 e. The molecule has 2 aromatic rings. The van der Waals surface area contributed by atoms with E-state index in [1.165, 1.54) is 4.88 Å². The van der Waals surface area contributed by atoms with Gasteiger partial charge in [0.15, 0.2) is 0 Å². The Morgan fingerprint density at radius 1 is 1.38 bits per heavy atom. The fourth-order valence-electron chi connectivity index (χ4n) is 1.62. The molecule has 0 aliphatic heterocycles. The van der Waals surface area contributed by atoms with Gasteiger partial charge < -0.3 is 5.11 Å². The van der Waals surface area contributed by atoms with Gasteiger partial charge in [0.1, 0.15) is 5.01 Å². The summed E-state index contributed by atoms with van der Waals surface area (Å²) in [6.45, 7) is 4.40. The quantitative estimate of drug-likeness (QED) is 0.903. The summed E-state index contributed by atoms with van der Waals surface area (Å²) in [5.41, 5.74) is 1.02. The highest BCUT2D eigenvalue weighted by atomic mass is 32.1. The molecule has 16 heavy (non-hydrogen) atoms. The van der Waals surface area contributed by atoms with Crippen molar-refractivity contribution < 1.29 is 5.11 Å². The van der Waals surface area contributed by atoms with E-state index in [4.69, 9.17) is 0 Å². The van der Waals surface area contributed by atoms with Crippen molar-refractivity contribution in [3.8, 4) is 9.88 Å². The fourth-order valence-corrected chi connectivity index (χ4v) is 3.31. The molecular formula is C12H15NOS2. The minimum atomic E-state index is 0.157. The van der Waals surface area contributed by atoms with Gasteiger partial charge in [-0.05, 0) is 17.4 Å². The van der Waals surface area contributed by atoms with E-state index in [2.05, 4.69) is 35.7 Å². The number of aliphatic hydroxyl groups excluding tert-OH is 1. The topological polar surface area (TPSA) is 33.1 Å². The van der Waals surface area contributed by atoms with Crippen LogP contribution in [0.2, 0.25) is 0 Å². The largest absolute Gasteiger partial charge is 0.396 e. The minimum Gasteiger partial charge on any atom is -0.396 e. The molecule has 86 valence electrons. The van der Waals surface area contributed by atoms with Gasteiger partial charge in [0.25, 0.3) is 0 Å². The van der Waals surface area contributed by atoms with Crippen LogP contribution < -0.4 is 0 Å². The second-order valence-corrected chi connectivity index (χ2v) is 5.89. The Labute approximate surface area is 104 Å². The Kier molecular flexibility index (Phi) is 3.74. The molecule has 2 aromatic heterocycles. The van der Waals surface area contributed by atoms with E-state index in [9.17, 15) is 5.11 Å². The van der Waals surface area contributed by atoms with Crippen LogP contribution in [0.1, 0.15) is 25.5 Å². The van der Waals surface area contributed by atoms with Crippen LogP contribution in [0.15, 0.2) is 22.9 Å². The number of hydrogen-bond acceptors (Lipinski definition) is 4. The van der Waals surface area contributed by atoms with Gasteiger partial charge in [-0.1, -0.05) is 19.9 Å². The number of rotatable bonds is 4. The van der Waals surface area contributed by atoms with Gasteiger partial charge >= 0.3 is 0 Å². The Balaban J connectivity index is 2.25. The van der Waals surface area contributed by atoms with Gasteiger partial charge in [-0.15, -0.1) is 22.7 Å². The molecule has 4 heteroatoms. The van der Waals surface area contributed by atoms with Crippen LogP contribution >= 0.6 is 22.7 Å². The van der Waals surface area contributed by atoms with Crippen molar-refractivity contribution in [3.63, 3.8) is 0 Å². The van der Waals surface area contributed by atoms with E-state index >= 15 is 0 Å². The van der Waals surface area contributed by atoms with Crippen LogP contribution in [-0.4, -0.2) is 16.7 Å². The lowest BCUT2D eigenvalue weighted by Crippen LogP contribution is -2.11. The number of thiophene rings is 1. The Bertz CT molecular complexity index is 434. The Morgan fingerprint density at radius 2 is 2.19 bits per heavy atom. The maximum absolute atomic E-state index is 9.36. The van der Waals surface area contributed by atoms with Crippen molar-refractivity contribution in [1.82, 2.24) is 4.98 Å². The zero-order chi connectivity index (χ0) is 11.5. The molecule has 1 N–H and O–H groups in total. The van der Waals surface area contributed by atoms with Crippen LogP contribution in [0.5, 0.6) is 0 Å². The summed E-state index contributed by atoms with van der Waals surface area (Å²) in [6, 6.07) is 4.11. The van der Waals surface area contributed by atoms with Crippen molar-refractivity contribution >= 4 is 22.7 Å². The van der Waals surface area contributed by atoms with Crippen molar-refractivity contribution in [2.75, 3.05) is 6.61 Å². The molecule has 0 saturated carbocycles. The highest BCUT2D eigenvalue weighted by molar-refractivity contribution is 7.20. The van der Waals surface area contributed by atoms with Gasteiger partial charge in [0.2, 0.25) is 0 Å². The van der Waals surface area contributed by atoms with E-state index in [1.54, 1.807) is 22.7 Å². The molecule has 0 saturated heterocycles. The molecule has 2 nitrogen and oxygen atoms in total. The zero-order valence-corrected chi connectivity index (χ0v) is 11.0. The molecule has 0 spiro atoms. The van der Waals surface area contributed by atoms with E-state index in [1.807, 2.05) is 6.07 Å². The summed E-state index contributed by atoms with van der Waals surface area (Å²) >= 11 is 3.36. The molecule has 1 unspecified atom stereocenters. The van der Waals surface area contributed by atoms with Gasteiger partial charge in [0.05, 0.1) is 17.2 Å². The second kappa shape index (κ2) is 5.08. The highest BCUT2D eigenvalue weighted by Crippen LogP contribution is 2.32.